The molecule has 0 heterocycles. The molecule has 0 spiro atoms. The predicted octanol–water partition coefficient (Wildman–Crippen LogP) is 3.20. The topological polar surface area (TPSA) is 43.1 Å². The minimum absolute atomic E-state index is 0.165. The molecular weight excluding hydrogens is 234 g/mol. The van der Waals surface area contributed by atoms with Gasteiger partial charge in [0.15, 0.2) is 0 Å². The zero-order chi connectivity index (χ0) is 10.1. The van der Waals surface area contributed by atoms with Crippen molar-refractivity contribution in [1.29, 1.82) is 0 Å². The second-order valence-electron chi connectivity index (χ2n) is 4.28. The number of nitro groups is 1. The Bertz CT molecular complexity index is 208. The maximum atomic E-state index is 10.8. The molecule has 0 aromatic rings. The summed E-state index contributed by atoms with van der Waals surface area (Å²) in [7, 11) is 0. The lowest BCUT2D eigenvalue weighted by Crippen LogP contribution is -2.38. The number of hydrogen-bond donors (Lipinski definition) is 0. The van der Waals surface area contributed by atoms with Crippen LogP contribution in [0.5, 0.6) is 0 Å². The van der Waals surface area contributed by atoms with Gasteiger partial charge < -0.3 is 0 Å². The lowest BCUT2D eigenvalue weighted by atomic mass is 9.79. The molecule has 0 aromatic heterocycles. The first-order valence-electron chi connectivity index (χ1n) is 4.79. The average molecular weight is 250 g/mol. The quantitative estimate of drug-likeness (QED) is 0.327. The Labute approximate surface area is 87.2 Å². The third-order valence-electron chi connectivity index (χ3n) is 2.98. The Balaban J connectivity index is 2.65. The maximum absolute atomic E-state index is 10.8. The van der Waals surface area contributed by atoms with Crippen LogP contribution in [0.4, 0.5) is 0 Å². The third kappa shape index (κ3) is 2.42. The molecule has 0 saturated heterocycles. The van der Waals surface area contributed by atoms with Gasteiger partial charge in [0.05, 0.1) is 0 Å². The van der Waals surface area contributed by atoms with Gasteiger partial charge in [0.2, 0.25) is 0 Å². The van der Waals surface area contributed by atoms with Gasteiger partial charge in [-0.1, -0.05) is 13.8 Å². The average Bonchev–Trinajstić information content (AvgIpc) is 2.04. The zero-order valence-electron chi connectivity index (χ0n) is 8.12. The van der Waals surface area contributed by atoms with Crippen molar-refractivity contribution in [2.45, 2.75) is 44.0 Å². The lowest BCUT2D eigenvalue weighted by molar-refractivity contribution is -0.541. The first kappa shape index (κ1) is 11.0. The van der Waals surface area contributed by atoms with Crippen LogP contribution in [0.25, 0.3) is 0 Å². The van der Waals surface area contributed by atoms with Gasteiger partial charge >= 0.3 is 0 Å². The molecule has 76 valence electrons. The molecule has 2 atom stereocenters. The van der Waals surface area contributed by atoms with Crippen LogP contribution >= 0.6 is 15.9 Å². The number of rotatable bonds is 2. The first-order chi connectivity index (χ1) is 5.96. The molecule has 0 aromatic carbocycles. The SMILES string of the molecule is CC(C)C1CCCC(Br)([N+](=O)[O-])C1. The minimum atomic E-state index is -0.833. The van der Waals surface area contributed by atoms with Gasteiger partial charge in [-0.25, -0.2) is 0 Å². The van der Waals surface area contributed by atoms with Crippen LogP contribution in [0.1, 0.15) is 39.5 Å². The Morgan fingerprint density at radius 2 is 2.23 bits per heavy atom. The van der Waals surface area contributed by atoms with Crippen molar-refractivity contribution in [2.24, 2.45) is 11.8 Å². The molecule has 3 nitrogen and oxygen atoms in total. The summed E-state index contributed by atoms with van der Waals surface area (Å²) in [4.78, 5) is 10.6. The molecule has 2 unspecified atom stereocenters. The highest BCUT2D eigenvalue weighted by Crippen LogP contribution is 2.41. The smallest absolute Gasteiger partial charge is 0.263 e. The number of hydrogen-bond acceptors (Lipinski definition) is 2. The van der Waals surface area contributed by atoms with E-state index in [1.54, 1.807) is 0 Å². The molecule has 1 saturated carbocycles. The van der Waals surface area contributed by atoms with E-state index in [1.807, 2.05) is 0 Å². The lowest BCUT2D eigenvalue weighted by Gasteiger charge is -2.32. The molecule has 1 rings (SSSR count). The monoisotopic (exact) mass is 249 g/mol. The molecule has 0 amide bonds. The van der Waals surface area contributed by atoms with Gasteiger partial charge in [0.25, 0.3) is 4.45 Å². The molecule has 0 bridgehead atoms. The number of nitrogens with zero attached hydrogens (tertiary/aromatic N) is 1. The Hall–Kier alpha value is -0.120. The highest BCUT2D eigenvalue weighted by atomic mass is 79.9. The van der Waals surface area contributed by atoms with Crippen LogP contribution in [0, 0.1) is 22.0 Å². The number of alkyl halides is 1. The summed E-state index contributed by atoms with van der Waals surface area (Å²) in [6.45, 7) is 4.28. The van der Waals surface area contributed by atoms with E-state index in [2.05, 4.69) is 29.8 Å². The summed E-state index contributed by atoms with van der Waals surface area (Å²) < 4.78 is -0.833. The van der Waals surface area contributed by atoms with E-state index >= 15 is 0 Å². The maximum Gasteiger partial charge on any atom is 0.274 e. The van der Waals surface area contributed by atoms with Crippen molar-refractivity contribution < 1.29 is 4.92 Å². The summed E-state index contributed by atoms with van der Waals surface area (Å²) in [5, 5.41) is 10.8. The molecule has 0 aliphatic heterocycles. The van der Waals surface area contributed by atoms with Gasteiger partial charge in [0, 0.05) is 33.7 Å². The largest absolute Gasteiger partial charge is 0.274 e. The van der Waals surface area contributed by atoms with Gasteiger partial charge in [-0.2, -0.15) is 0 Å². The van der Waals surface area contributed by atoms with E-state index in [4.69, 9.17) is 0 Å². The van der Waals surface area contributed by atoms with Crippen LogP contribution in [0.15, 0.2) is 0 Å². The number of halogens is 1. The third-order valence-corrected chi connectivity index (χ3v) is 3.99. The van der Waals surface area contributed by atoms with Crippen LogP contribution in [-0.4, -0.2) is 9.37 Å². The molecule has 1 fully saturated rings. The Morgan fingerprint density at radius 3 is 2.69 bits per heavy atom. The molecule has 4 heteroatoms. The van der Waals surface area contributed by atoms with Crippen molar-refractivity contribution in [3.05, 3.63) is 10.1 Å². The van der Waals surface area contributed by atoms with E-state index < -0.39 is 4.45 Å². The summed E-state index contributed by atoms with van der Waals surface area (Å²) >= 11 is 3.27. The Kier molecular flexibility index (Phi) is 3.33. The Morgan fingerprint density at radius 1 is 1.62 bits per heavy atom. The minimum Gasteiger partial charge on any atom is -0.263 e. The van der Waals surface area contributed by atoms with Crippen LogP contribution in [-0.2, 0) is 0 Å². The van der Waals surface area contributed by atoms with Crippen molar-refractivity contribution >= 4 is 15.9 Å². The van der Waals surface area contributed by atoms with E-state index in [9.17, 15) is 10.1 Å². The molecule has 0 N–H and O–H groups in total. The standard InChI is InChI=1S/C9H16BrNO2/c1-7(2)8-4-3-5-9(10,6-8)11(12)13/h7-8H,3-6H2,1-2H3. The fraction of sp³-hybridized carbons (Fsp3) is 1.00. The van der Waals surface area contributed by atoms with E-state index in [-0.39, 0.29) is 4.92 Å². The van der Waals surface area contributed by atoms with Crippen molar-refractivity contribution in [2.75, 3.05) is 0 Å². The fourth-order valence-corrected chi connectivity index (χ4v) is 2.67. The van der Waals surface area contributed by atoms with Gasteiger partial charge in [-0.3, -0.25) is 10.1 Å². The van der Waals surface area contributed by atoms with Crippen molar-refractivity contribution in [1.82, 2.24) is 0 Å². The molecular formula is C9H16BrNO2. The van der Waals surface area contributed by atoms with Crippen LogP contribution < -0.4 is 0 Å². The second kappa shape index (κ2) is 3.95. The predicted molar refractivity (Wildman–Crippen MR) is 55.4 cm³/mol. The van der Waals surface area contributed by atoms with Crippen LogP contribution in [0.3, 0.4) is 0 Å². The highest BCUT2D eigenvalue weighted by Gasteiger charge is 2.44. The van der Waals surface area contributed by atoms with Gasteiger partial charge in [-0.05, 0) is 24.7 Å². The van der Waals surface area contributed by atoms with Crippen molar-refractivity contribution in [3.8, 4) is 0 Å². The molecule has 0 radical (unpaired) electrons. The first-order valence-corrected chi connectivity index (χ1v) is 5.58. The second-order valence-corrected chi connectivity index (χ2v) is 5.75. The van der Waals surface area contributed by atoms with Gasteiger partial charge in [-0.15, -0.1) is 0 Å². The summed E-state index contributed by atoms with van der Waals surface area (Å²) in [6.07, 6.45) is 3.45. The highest BCUT2D eigenvalue weighted by molar-refractivity contribution is 9.10. The molecule has 13 heavy (non-hydrogen) atoms. The van der Waals surface area contributed by atoms with E-state index in [0.717, 1.165) is 12.8 Å². The summed E-state index contributed by atoms with van der Waals surface area (Å²) in [5.74, 6) is 1.05. The van der Waals surface area contributed by atoms with E-state index in [0.29, 0.717) is 24.7 Å². The van der Waals surface area contributed by atoms with Gasteiger partial charge in [0.1, 0.15) is 0 Å². The van der Waals surface area contributed by atoms with Crippen molar-refractivity contribution in [3.63, 3.8) is 0 Å². The summed E-state index contributed by atoms with van der Waals surface area (Å²) in [6, 6.07) is 0. The molecule has 1 aliphatic rings. The summed E-state index contributed by atoms with van der Waals surface area (Å²) in [5.41, 5.74) is 0. The van der Waals surface area contributed by atoms with E-state index in [1.165, 1.54) is 0 Å². The zero-order valence-corrected chi connectivity index (χ0v) is 9.71. The normalized spacial score (nSPS) is 34.9. The molecule has 1 aliphatic carbocycles. The fourth-order valence-electron chi connectivity index (χ4n) is 1.98. The van der Waals surface area contributed by atoms with Crippen LogP contribution in [0.2, 0.25) is 0 Å².